The lowest BCUT2D eigenvalue weighted by molar-refractivity contribution is -0.136. The quantitative estimate of drug-likeness (QED) is 0.640. The second-order valence-corrected chi connectivity index (χ2v) is 3.94. The van der Waals surface area contributed by atoms with Crippen LogP contribution in [0.25, 0.3) is 0 Å². The first-order valence-corrected chi connectivity index (χ1v) is 5.18. The molecule has 0 aromatic carbocycles. The highest BCUT2D eigenvalue weighted by Crippen LogP contribution is 2.07. The van der Waals surface area contributed by atoms with Gasteiger partial charge in [-0.2, -0.15) is 0 Å². The predicted octanol–water partition coefficient (Wildman–Crippen LogP) is 0.553. The lowest BCUT2D eigenvalue weighted by Gasteiger charge is -2.34. The molecule has 0 atom stereocenters. The predicted molar refractivity (Wildman–Crippen MR) is 55.4 cm³/mol. The average Bonchev–Trinajstić information content (AvgIpc) is 2.27. The number of piperazine rings is 1. The first kappa shape index (κ1) is 11.8. The van der Waals surface area contributed by atoms with Gasteiger partial charge in [0.2, 0.25) is 5.91 Å². The third-order valence-electron chi connectivity index (χ3n) is 2.52. The number of hydrogen-bond donors (Lipinski definition) is 0. The molecule has 0 radical (unpaired) electrons. The molecule has 1 rings (SSSR count). The Labute approximate surface area is 90.0 Å². The van der Waals surface area contributed by atoms with Crippen molar-refractivity contribution in [2.45, 2.75) is 13.8 Å². The van der Waals surface area contributed by atoms with E-state index in [0.717, 1.165) is 0 Å². The minimum Gasteiger partial charge on any atom is -0.453 e. The van der Waals surface area contributed by atoms with Crippen molar-refractivity contribution in [2.75, 3.05) is 33.3 Å². The summed E-state index contributed by atoms with van der Waals surface area (Å²) in [4.78, 5) is 26.2. The van der Waals surface area contributed by atoms with Crippen LogP contribution in [0.5, 0.6) is 0 Å². The summed E-state index contributed by atoms with van der Waals surface area (Å²) in [7, 11) is 1.37. The van der Waals surface area contributed by atoms with Crippen LogP contribution < -0.4 is 0 Å². The topological polar surface area (TPSA) is 49.9 Å². The fourth-order valence-corrected chi connectivity index (χ4v) is 1.60. The van der Waals surface area contributed by atoms with Crippen molar-refractivity contribution in [3.8, 4) is 0 Å². The van der Waals surface area contributed by atoms with Crippen LogP contribution in [-0.2, 0) is 9.53 Å². The Bertz CT molecular complexity index is 245. The average molecular weight is 214 g/mol. The molecule has 2 amide bonds. The van der Waals surface area contributed by atoms with Crippen molar-refractivity contribution >= 4 is 12.0 Å². The monoisotopic (exact) mass is 214 g/mol. The normalized spacial score (nSPS) is 16.8. The standard InChI is InChI=1S/C10H18N2O3/c1-8(2)9(13)11-4-6-12(7-5-11)10(14)15-3/h8H,4-7H2,1-3H3. The van der Waals surface area contributed by atoms with Gasteiger partial charge in [0.15, 0.2) is 0 Å². The van der Waals surface area contributed by atoms with Crippen molar-refractivity contribution in [3.05, 3.63) is 0 Å². The zero-order valence-corrected chi connectivity index (χ0v) is 9.52. The molecule has 1 aliphatic rings. The van der Waals surface area contributed by atoms with Gasteiger partial charge in [0.05, 0.1) is 7.11 Å². The Morgan fingerprint density at radius 3 is 1.93 bits per heavy atom. The van der Waals surface area contributed by atoms with Crippen LogP contribution in [-0.4, -0.2) is 55.1 Å². The molecule has 1 heterocycles. The van der Waals surface area contributed by atoms with Crippen LogP contribution >= 0.6 is 0 Å². The molecule has 1 saturated heterocycles. The van der Waals surface area contributed by atoms with E-state index in [0.29, 0.717) is 26.2 Å². The second kappa shape index (κ2) is 5.00. The summed E-state index contributed by atoms with van der Waals surface area (Å²) in [6, 6.07) is 0. The lowest BCUT2D eigenvalue weighted by Crippen LogP contribution is -2.51. The van der Waals surface area contributed by atoms with Gasteiger partial charge in [-0.05, 0) is 0 Å². The van der Waals surface area contributed by atoms with Crippen molar-refractivity contribution in [1.82, 2.24) is 9.80 Å². The minimum absolute atomic E-state index is 0.0228. The summed E-state index contributed by atoms with van der Waals surface area (Å²) in [5.74, 6) is 0.175. The van der Waals surface area contributed by atoms with Crippen molar-refractivity contribution in [2.24, 2.45) is 5.92 Å². The molecule has 1 fully saturated rings. The third kappa shape index (κ3) is 2.84. The van der Waals surface area contributed by atoms with Crippen molar-refractivity contribution < 1.29 is 14.3 Å². The lowest BCUT2D eigenvalue weighted by atomic mass is 10.1. The number of carbonyl (C=O) groups is 2. The number of ether oxygens (including phenoxy) is 1. The van der Waals surface area contributed by atoms with Gasteiger partial charge in [-0.3, -0.25) is 4.79 Å². The largest absolute Gasteiger partial charge is 0.453 e. The molecule has 0 spiro atoms. The number of carbonyl (C=O) groups excluding carboxylic acids is 2. The molecular formula is C10H18N2O3. The molecule has 15 heavy (non-hydrogen) atoms. The summed E-state index contributed by atoms with van der Waals surface area (Å²) in [5, 5.41) is 0. The van der Waals surface area contributed by atoms with E-state index in [2.05, 4.69) is 4.74 Å². The molecule has 1 aliphatic heterocycles. The maximum Gasteiger partial charge on any atom is 0.409 e. The zero-order chi connectivity index (χ0) is 11.4. The van der Waals surface area contributed by atoms with E-state index < -0.39 is 0 Å². The summed E-state index contributed by atoms with van der Waals surface area (Å²) in [5.41, 5.74) is 0. The molecule has 5 nitrogen and oxygen atoms in total. The van der Waals surface area contributed by atoms with Crippen LogP contribution in [0.2, 0.25) is 0 Å². The zero-order valence-electron chi connectivity index (χ0n) is 9.52. The highest BCUT2D eigenvalue weighted by Gasteiger charge is 2.25. The van der Waals surface area contributed by atoms with E-state index in [1.807, 2.05) is 13.8 Å². The molecule has 0 aromatic rings. The first-order valence-electron chi connectivity index (χ1n) is 5.18. The van der Waals surface area contributed by atoms with Crippen LogP contribution in [0.15, 0.2) is 0 Å². The fraction of sp³-hybridized carbons (Fsp3) is 0.800. The van der Waals surface area contributed by atoms with Crippen LogP contribution in [0.4, 0.5) is 4.79 Å². The molecular weight excluding hydrogens is 196 g/mol. The van der Waals surface area contributed by atoms with E-state index in [-0.39, 0.29) is 17.9 Å². The number of methoxy groups -OCH3 is 1. The van der Waals surface area contributed by atoms with E-state index >= 15 is 0 Å². The van der Waals surface area contributed by atoms with Gasteiger partial charge in [0, 0.05) is 32.1 Å². The van der Waals surface area contributed by atoms with Gasteiger partial charge >= 0.3 is 6.09 Å². The summed E-state index contributed by atoms with van der Waals surface area (Å²) in [6.45, 7) is 6.10. The maximum atomic E-state index is 11.6. The van der Waals surface area contributed by atoms with E-state index in [9.17, 15) is 9.59 Å². The first-order chi connectivity index (χ1) is 7.06. The molecule has 0 bridgehead atoms. The highest BCUT2D eigenvalue weighted by molar-refractivity contribution is 5.78. The van der Waals surface area contributed by atoms with Gasteiger partial charge in [-0.15, -0.1) is 0 Å². The Morgan fingerprint density at radius 1 is 1.07 bits per heavy atom. The van der Waals surface area contributed by atoms with Gasteiger partial charge in [0.25, 0.3) is 0 Å². The van der Waals surface area contributed by atoms with Gasteiger partial charge < -0.3 is 14.5 Å². The van der Waals surface area contributed by atoms with Gasteiger partial charge in [0.1, 0.15) is 0 Å². The van der Waals surface area contributed by atoms with Crippen LogP contribution in [0, 0.1) is 5.92 Å². The van der Waals surface area contributed by atoms with Gasteiger partial charge in [-0.25, -0.2) is 4.79 Å². The number of hydrogen-bond acceptors (Lipinski definition) is 3. The summed E-state index contributed by atoms with van der Waals surface area (Å²) in [6.07, 6.45) is -0.313. The highest BCUT2D eigenvalue weighted by atomic mass is 16.5. The molecule has 0 saturated carbocycles. The number of amides is 2. The third-order valence-corrected chi connectivity index (χ3v) is 2.52. The smallest absolute Gasteiger partial charge is 0.409 e. The second-order valence-electron chi connectivity index (χ2n) is 3.94. The fourth-order valence-electron chi connectivity index (χ4n) is 1.60. The molecule has 0 aromatic heterocycles. The number of rotatable bonds is 1. The SMILES string of the molecule is COC(=O)N1CCN(C(=O)C(C)C)CC1. The molecule has 86 valence electrons. The number of nitrogens with zero attached hydrogens (tertiary/aromatic N) is 2. The maximum absolute atomic E-state index is 11.6. The van der Waals surface area contributed by atoms with Crippen molar-refractivity contribution in [3.63, 3.8) is 0 Å². The summed E-state index contributed by atoms with van der Waals surface area (Å²) >= 11 is 0. The van der Waals surface area contributed by atoms with Crippen LogP contribution in [0.1, 0.15) is 13.8 Å². The minimum atomic E-state index is -0.313. The summed E-state index contributed by atoms with van der Waals surface area (Å²) < 4.78 is 4.62. The molecule has 0 aliphatic carbocycles. The van der Waals surface area contributed by atoms with Crippen LogP contribution in [0.3, 0.4) is 0 Å². The Hall–Kier alpha value is -1.26. The van der Waals surface area contributed by atoms with E-state index in [1.165, 1.54) is 7.11 Å². The van der Waals surface area contributed by atoms with E-state index in [4.69, 9.17) is 0 Å². The Balaban J connectivity index is 2.42. The Kier molecular flexibility index (Phi) is 3.94. The van der Waals surface area contributed by atoms with E-state index in [1.54, 1.807) is 9.80 Å². The molecule has 0 unspecified atom stereocenters. The molecule has 5 heteroatoms. The molecule has 0 N–H and O–H groups in total. The Morgan fingerprint density at radius 2 is 1.53 bits per heavy atom. The van der Waals surface area contributed by atoms with Gasteiger partial charge in [-0.1, -0.05) is 13.8 Å². The van der Waals surface area contributed by atoms with Crippen molar-refractivity contribution in [1.29, 1.82) is 0 Å².